The van der Waals surface area contributed by atoms with Crippen molar-refractivity contribution < 1.29 is 9.53 Å². The van der Waals surface area contributed by atoms with Crippen LogP contribution in [-0.4, -0.2) is 37.7 Å². The molecule has 1 amide bonds. The molecule has 2 heterocycles. The van der Waals surface area contributed by atoms with Crippen molar-refractivity contribution in [3.8, 4) is 0 Å². The normalized spacial score (nSPS) is 37.4. The van der Waals surface area contributed by atoms with Gasteiger partial charge in [0, 0.05) is 13.2 Å². The lowest BCUT2D eigenvalue weighted by molar-refractivity contribution is -0.125. The van der Waals surface area contributed by atoms with Crippen LogP contribution in [0.5, 0.6) is 0 Å². The third kappa shape index (κ3) is 2.07. The Balaban J connectivity index is 1.81. The number of nitrogens with one attached hydrogen (secondary N) is 2. The van der Waals surface area contributed by atoms with Crippen LogP contribution in [0.2, 0.25) is 0 Å². The Morgan fingerprint density at radius 3 is 2.93 bits per heavy atom. The summed E-state index contributed by atoms with van der Waals surface area (Å²) in [4.78, 5) is 11.7. The lowest BCUT2D eigenvalue weighted by Crippen LogP contribution is -2.42. The van der Waals surface area contributed by atoms with Crippen LogP contribution in [0.15, 0.2) is 0 Å². The molecule has 0 aromatic rings. The van der Waals surface area contributed by atoms with Crippen LogP contribution >= 0.6 is 0 Å². The van der Waals surface area contributed by atoms with Crippen molar-refractivity contribution in [2.45, 2.75) is 31.9 Å². The molecule has 80 valence electrons. The summed E-state index contributed by atoms with van der Waals surface area (Å²) in [5.41, 5.74) is 0. The maximum atomic E-state index is 11.7. The van der Waals surface area contributed by atoms with Crippen LogP contribution in [0, 0.1) is 5.92 Å². The van der Waals surface area contributed by atoms with Gasteiger partial charge in [0.05, 0.1) is 18.1 Å². The van der Waals surface area contributed by atoms with Crippen LogP contribution in [0.25, 0.3) is 0 Å². The van der Waals surface area contributed by atoms with E-state index in [1.807, 2.05) is 6.92 Å². The molecular weight excluding hydrogens is 180 g/mol. The summed E-state index contributed by atoms with van der Waals surface area (Å²) < 4.78 is 5.40. The monoisotopic (exact) mass is 198 g/mol. The van der Waals surface area contributed by atoms with Gasteiger partial charge in [0.15, 0.2) is 0 Å². The Bertz CT molecular complexity index is 214. The number of hydrogen-bond donors (Lipinski definition) is 2. The maximum Gasteiger partial charge on any atom is 0.224 e. The van der Waals surface area contributed by atoms with Gasteiger partial charge in [-0.05, 0) is 26.3 Å². The molecule has 2 saturated heterocycles. The van der Waals surface area contributed by atoms with E-state index in [-0.39, 0.29) is 24.0 Å². The number of carbonyl (C=O) groups excluding carboxylic acids is 1. The minimum absolute atomic E-state index is 0.169. The number of rotatable bonds is 2. The fourth-order valence-corrected chi connectivity index (χ4v) is 2.10. The zero-order valence-corrected chi connectivity index (χ0v) is 8.58. The second-order valence-electron chi connectivity index (χ2n) is 4.17. The average Bonchev–Trinajstić information content (AvgIpc) is 2.77. The predicted octanol–water partition coefficient (Wildman–Crippen LogP) is -0.110. The molecule has 2 fully saturated rings. The van der Waals surface area contributed by atoms with E-state index in [4.69, 9.17) is 4.74 Å². The van der Waals surface area contributed by atoms with Gasteiger partial charge in [-0.2, -0.15) is 0 Å². The van der Waals surface area contributed by atoms with Gasteiger partial charge < -0.3 is 15.4 Å². The lowest BCUT2D eigenvalue weighted by Gasteiger charge is -2.18. The molecule has 0 aromatic heterocycles. The standard InChI is InChI=1S/C10H18N2O2/c1-7-9(3-5-14-7)12-10(13)8-2-4-11-6-8/h7-9,11H,2-6H2,1H3,(H,12,13). The summed E-state index contributed by atoms with van der Waals surface area (Å²) in [7, 11) is 0. The van der Waals surface area contributed by atoms with Crippen LogP contribution in [0.3, 0.4) is 0 Å². The van der Waals surface area contributed by atoms with E-state index in [0.29, 0.717) is 0 Å². The molecule has 2 rings (SSSR count). The molecule has 4 heteroatoms. The van der Waals surface area contributed by atoms with E-state index >= 15 is 0 Å². The van der Waals surface area contributed by atoms with E-state index in [1.54, 1.807) is 0 Å². The number of amides is 1. The fourth-order valence-electron chi connectivity index (χ4n) is 2.10. The minimum atomic E-state index is 0.169. The van der Waals surface area contributed by atoms with Crippen LogP contribution in [0.4, 0.5) is 0 Å². The molecule has 0 aliphatic carbocycles. The van der Waals surface area contributed by atoms with Gasteiger partial charge in [0.2, 0.25) is 5.91 Å². The Morgan fingerprint density at radius 1 is 1.50 bits per heavy atom. The predicted molar refractivity (Wildman–Crippen MR) is 52.9 cm³/mol. The number of hydrogen-bond acceptors (Lipinski definition) is 3. The molecule has 2 aliphatic heterocycles. The lowest BCUT2D eigenvalue weighted by atomic mass is 10.1. The zero-order chi connectivity index (χ0) is 9.97. The first kappa shape index (κ1) is 9.93. The molecule has 0 bridgehead atoms. The van der Waals surface area contributed by atoms with Gasteiger partial charge in [-0.3, -0.25) is 4.79 Å². The van der Waals surface area contributed by atoms with Gasteiger partial charge >= 0.3 is 0 Å². The van der Waals surface area contributed by atoms with Crippen molar-refractivity contribution in [3.05, 3.63) is 0 Å². The largest absolute Gasteiger partial charge is 0.376 e. The molecule has 14 heavy (non-hydrogen) atoms. The van der Waals surface area contributed by atoms with Gasteiger partial charge in [0.1, 0.15) is 0 Å². The summed E-state index contributed by atoms with van der Waals surface area (Å²) in [6.07, 6.45) is 2.09. The molecule has 4 nitrogen and oxygen atoms in total. The highest BCUT2D eigenvalue weighted by molar-refractivity contribution is 5.79. The zero-order valence-electron chi connectivity index (χ0n) is 8.58. The summed E-state index contributed by atoms with van der Waals surface area (Å²) in [5, 5.41) is 6.26. The highest BCUT2D eigenvalue weighted by Crippen LogP contribution is 2.14. The van der Waals surface area contributed by atoms with Crippen LogP contribution < -0.4 is 10.6 Å². The van der Waals surface area contributed by atoms with Crippen molar-refractivity contribution >= 4 is 5.91 Å². The SMILES string of the molecule is CC1OCCC1NC(=O)C1CCNC1. The number of carbonyl (C=O) groups is 1. The van der Waals surface area contributed by atoms with Crippen molar-refractivity contribution in [1.82, 2.24) is 10.6 Å². The Hall–Kier alpha value is -0.610. The first-order valence-corrected chi connectivity index (χ1v) is 5.40. The number of ether oxygens (including phenoxy) is 1. The quantitative estimate of drug-likeness (QED) is 0.651. The first-order valence-electron chi connectivity index (χ1n) is 5.40. The third-order valence-electron chi connectivity index (χ3n) is 3.13. The van der Waals surface area contributed by atoms with E-state index in [0.717, 1.165) is 32.5 Å². The molecule has 0 radical (unpaired) electrons. The highest BCUT2D eigenvalue weighted by Gasteiger charge is 2.29. The molecule has 0 spiro atoms. The third-order valence-corrected chi connectivity index (χ3v) is 3.13. The molecule has 0 aromatic carbocycles. The topological polar surface area (TPSA) is 50.4 Å². The summed E-state index contributed by atoms with van der Waals surface area (Å²) in [5.74, 6) is 0.361. The Labute approximate surface area is 84.4 Å². The van der Waals surface area contributed by atoms with Gasteiger partial charge in [0.25, 0.3) is 0 Å². The maximum absolute atomic E-state index is 11.7. The van der Waals surface area contributed by atoms with E-state index in [2.05, 4.69) is 10.6 Å². The van der Waals surface area contributed by atoms with Gasteiger partial charge in [-0.1, -0.05) is 0 Å². The molecule has 3 unspecified atom stereocenters. The van der Waals surface area contributed by atoms with Crippen molar-refractivity contribution in [1.29, 1.82) is 0 Å². The van der Waals surface area contributed by atoms with Crippen LogP contribution in [0.1, 0.15) is 19.8 Å². The van der Waals surface area contributed by atoms with Crippen molar-refractivity contribution in [2.75, 3.05) is 19.7 Å². The molecule has 3 atom stereocenters. The van der Waals surface area contributed by atoms with Crippen molar-refractivity contribution in [3.63, 3.8) is 0 Å². The molecular formula is C10H18N2O2. The Morgan fingerprint density at radius 2 is 2.36 bits per heavy atom. The minimum Gasteiger partial charge on any atom is -0.376 e. The van der Waals surface area contributed by atoms with E-state index in [1.165, 1.54) is 0 Å². The molecule has 2 aliphatic rings. The second-order valence-corrected chi connectivity index (χ2v) is 4.17. The first-order chi connectivity index (χ1) is 6.77. The van der Waals surface area contributed by atoms with Gasteiger partial charge in [-0.25, -0.2) is 0 Å². The average molecular weight is 198 g/mol. The Kier molecular flexibility index (Phi) is 3.03. The van der Waals surface area contributed by atoms with E-state index in [9.17, 15) is 4.79 Å². The van der Waals surface area contributed by atoms with Gasteiger partial charge in [-0.15, -0.1) is 0 Å². The second kappa shape index (κ2) is 4.28. The summed E-state index contributed by atoms with van der Waals surface area (Å²) >= 11 is 0. The summed E-state index contributed by atoms with van der Waals surface area (Å²) in [6.45, 7) is 4.59. The molecule has 2 N–H and O–H groups in total. The molecule has 0 saturated carbocycles. The van der Waals surface area contributed by atoms with Crippen LogP contribution in [-0.2, 0) is 9.53 Å². The van der Waals surface area contributed by atoms with Crippen molar-refractivity contribution in [2.24, 2.45) is 5.92 Å². The van der Waals surface area contributed by atoms with E-state index < -0.39 is 0 Å². The highest BCUT2D eigenvalue weighted by atomic mass is 16.5. The summed E-state index contributed by atoms with van der Waals surface area (Å²) in [6, 6.07) is 0.225. The fraction of sp³-hybridized carbons (Fsp3) is 0.900. The smallest absolute Gasteiger partial charge is 0.224 e.